The Balaban J connectivity index is 1.81. The number of rotatable bonds is 4. The molecule has 25 heavy (non-hydrogen) atoms. The Morgan fingerprint density at radius 3 is 2.16 bits per heavy atom. The van der Waals surface area contributed by atoms with E-state index in [1.54, 1.807) is 0 Å². The zero-order valence-electron chi connectivity index (χ0n) is 14.8. The second-order valence-corrected chi connectivity index (χ2v) is 6.48. The molecule has 1 amide bonds. The van der Waals surface area contributed by atoms with Gasteiger partial charge in [0.25, 0.3) is 0 Å². The lowest BCUT2D eigenvalue weighted by Gasteiger charge is -2.11. The third-order valence-electron chi connectivity index (χ3n) is 4.21. The highest BCUT2D eigenvalue weighted by molar-refractivity contribution is 6.15. The van der Waals surface area contributed by atoms with E-state index in [-0.39, 0.29) is 12.6 Å². The summed E-state index contributed by atoms with van der Waals surface area (Å²) in [5, 5.41) is 2.71. The lowest BCUT2D eigenvalue weighted by atomic mass is 9.98. The Hall–Kier alpha value is -2.62. The summed E-state index contributed by atoms with van der Waals surface area (Å²) in [5.74, 6) is 0. The lowest BCUT2D eigenvalue weighted by molar-refractivity contribution is 0.147. The number of hydrogen-bond donors (Lipinski definition) is 1. The first-order valence-electron chi connectivity index (χ1n) is 8.79. The molecule has 1 N–H and O–H groups in total. The number of aliphatic imine (C=N–C) groups is 1. The fraction of sp³-hybridized carbons (Fsp3) is 0.333. The molecule has 4 nitrogen and oxygen atoms in total. The van der Waals surface area contributed by atoms with Crippen molar-refractivity contribution in [2.24, 2.45) is 4.99 Å². The number of nitrogens with one attached hydrogen (secondary N) is 1. The maximum atomic E-state index is 11.6. The minimum Gasteiger partial charge on any atom is -0.448 e. The number of ether oxygens (including phenoxy) is 1. The standard InChI is InChI=1S/C21H24N2O2/c1-15(2)23-21(24)25-14-13-22-20-18-9-5-3-7-16(18)11-12-17-8-4-6-10-19(17)20/h3-10,15H,11-14H2,1-2H3,(H,23,24). The van der Waals surface area contributed by atoms with Crippen LogP contribution in [-0.4, -0.2) is 31.0 Å². The highest BCUT2D eigenvalue weighted by Gasteiger charge is 2.18. The van der Waals surface area contributed by atoms with Gasteiger partial charge in [-0.2, -0.15) is 0 Å². The Kier molecular flexibility index (Phi) is 5.49. The quantitative estimate of drug-likeness (QED) is 0.864. The maximum absolute atomic E-state index is 11.6. The second kappa shape index (κ2) is 7.97. The summed E-state index contributed by atoms with van der Waals surface area (Å²) in [7, 11) is 0. The molecule has 2 aromatic rings. The molecule has 0 heterocycles. The fourth-order valence-electron chi connectivity index (χ4n) is 3.10. The zero-order valence-corrected chi connectivity index (χ0v) is 14.8. The van der Waals surface area contributed by atoms with Crippen LogP contribution in [0.2, 0.25) is 0 Å². The molecule has 4 heteroatoms. The minimum atomic E-state index is -0.392. The number of carbonyl (C=O) groups excluding carboxylic acids is 1. The van der Waals surface area contributed by atoms with Gasteiger partial charge in [-0.15, -0.1) is 0 Å². The molecule has 0 unspecified atom stereocenters. The number of carbonyl (C=O) groups is 1. The van der Waals surface area contributed by atoms with Crippen molar-refractivity contribution in [1.29, 1.82) is 0 Å². The predicted molar refractivity (Wildman–Crippen MR) is 100 cm³/mol. The molecule has 0 saturated carbocycles. The SMILES string of the molecule is CC(C)NC(=O)OCCN=C1c2ccccc2CCc2ccccc21. The van der Waals surface area contributed by atoms with Gasteiger partial charge in [0.1, 0.15) is 6.61 Å². The van der Waals surface area contributed by atoms with Gasteiger partial charge in [0, 0.05) is 17.2 Å². The first-order chi connectivity index (χ1) is 12.1. The first-order valence-corrected chi connectivity index (χ1v) is 8.79. The van der Waals surface area contributed by atoms with Gasteiger partial charge >= 0.3 is 6.09 Å². The van der Waals surface area contributed by atoms with Crippen molar-refractivity contribution in [2.75, 3.05) is 13.2 Å². The molecule has 0 bridgehead atoms. The molecule has 0 atom stereocenters. The van der Waals surface area contributed by atoms with E-state index >= 15 is 0 Å². The Labute approximate surface area is 148 Å². The van der Waals surface area contributed by atoms with Crippen LogP contribution < -0.4 is 5.32 Å². The number of benzene rings is 2. The number of fused-ring (bicyclic) bond motifs is 2. The third-order valence-corrected chi connectivity index (χ3v) is 4.21. The van der Waals surface area contributed by atoms with Gasteiger partial charge in [-0.3, -0.25) is 4.99 Å². The largest absolute Gasteiger partial charge is 0.448 e. The number of amides is 1. The van der Waals surface area contributed by atoms with E-state index in [1.807, 2.05) is 13.8 Å². The topological polar surface area (TPSA) is 50.7 Å². The Bertz CT molecular complexity index is 731. The fourth-order valence-corrected chi connectivity index (χ4v) is 3.10. The maximum Gasteiger partial charge on any atom is 0.407 e. The summed E-state index contributed by atoms with van der Waals surface area (Å²) >= 11 is 0. The third kappa shape index (κ3) is 4.27. The summed E-state index contributed by atoms with van der Waals surface area (Å²) in [4.78, 5) is 16.4. The summed E-state index contributed by atoms with van der Waals surface area (Å²) in [6.07, 6.45) is 1.63. The van der Waals surface area contributed by atoms with Gasteiger partial charge in [0.2, 0.25) is 0 Å². The van der Waals surface area contributed by atoms with E-state index in [0.29, 0.717) is 6.54 Å². The van der Waals surface area contributed by atoms with E-state index in [2.05, 4.69) is 53.8 Å². The van der Waals surface area contributed by atoms with E-state index in [4.69, 9.17) is 9.73 Å². The van der Waals surface area contributed by atoms with Crippen molar-refractivity contribution < 1.29 is 9.53 Å². The van der Waals surface area contributed by atoms with Crippen LogP contribution in [0, 0.1) is 0 Å². The molecular weight excluding hydrogens is 312 g/mol. The smallest absolute Gasteiger partial charge is 0.407 e. The van der Waals surface area contributed by atoms with Crippen LogP contribution in [0.1, 0.15) is 36.1 Å². The molecule has 0 aliphatic heterocycles. The average Bonchev–Trinajstić information content (AvgIpc) is 2.75. The number of aryl methyl sites for hydroxylation is 2. The van der Waals surface area contributed by atoms with Gasteiger partial charge in [0.05, 0.1) is 12.3 Å². The molecule has 1 aliphatic carbocycles. The van der Waals surface area contributed by atoms with E-state index in [1.165, 1.54) is 22.3 Å². The van der Waals surface area contributed by atoms with Crippen molar-refractivity contribution in [2.45, 2.75) is 32.7 Å². The molecular formula is C21H24N2O2. The molecule has 0 aromatic heterocycles. The van der Waals surface area contributed by atoms with Gasteiger partial charge in [-0.05, 0) is 37.8 Å². The number of nitrogens with zero attached hydrogens (tertiary/aromatic N) is 1. The second-order valence-electron chi connectivity index (χ2n) is 6.48. The molecule has 0 radical (unpaired) electrons. The summed E-state index contributed by atoms with van der Waals surface area (Å²) in [5.41, 5.74) is 5.99. The van der Waals surface area contributed by atoms with Crippen molar-refractivity contribution in [3.8, 4) is 0 Å². The van der Waals surface area contributed by atoms with E-state index in [9.17, 15) is 4.79 Å². The molecule has 2 aromatic carbocycles. The zero-order chi connectivity index (χ0) is 17.6. The van der Waals surface area contributed by atoms with E-state index < -0.39 is 6.09 Å². The van der Waals surface area contributed by atoms with Crippen LogP contribution in [-0.2, 0) is 17.6 Å². The van der Waals surface area contributed by atoms with Crippen molar-refractivity contribution >= 4 is 11.8 Å². The monoisotopic (exact) mass is 336 g/mol. The average molecular weight is 336 g/mol. The van der Waals surface area contributed by atoms with E-state index in [0.717, 1.165) is 18.6 Å². The number of alkyl carbamates (subject to hydrolysis) is 1. The van der Waals surface area contributed by atoms with Gasteiger partial charge in [0.15, 0.2) is 0 Å². The van der Waals surface area contributed by atoms with Crippen LogP contribution in [0.4, 0.5) is 4.79 Å². The van der Waals surface area contributed by atoms with Crippen molar-refractivity contribution in [3.63, 3.8) is 0 Å². The Morgan fingerprint density at radius 1 is 1.04 bits per heavy atom. The van der Waals surface area contributed by atoms with Gasteiger partial charge < -0.3 is 10.1 Å². The van der Waals surface area contributed by atoms with Crippen LogP contribution in [0.5, 0.6) is 0 Å². The van der Waals surface area contributed by atoms with Crippen molar-refractivity contribution in [3.05, 3.63) is 70.8 Å². The van der Waals surface area contributed by atoms with Crippen LogP contribution in [0.3, 0.4) is 0 Å². The summed E-state index contributed by atoms with van der Waals surface area (Å²) in [6.45, 7) is 4.53. The Morgan fingerprint density at radius 2 is 1.60 bits per heavy atom. The number of hydrogen-bond acceptors (Lipinski definition) is 3. The highest BCUT2D eigenvalue weighted by atomic mass is 16.5. The van der Waals surface area contributed by atoms with Crippen molar-refractivity contribution in [1.82, 2.24) is 5.32 Å². The molecule has 0 spiro atoms. The van der Waals surface area contributed by atoms with Crippen LogP contribution in [0.25, 0.3) is 0 Å². The molecule has 0 saturated heterocycles. The molecule has 3 rings (SSSR count). The van der Waals surface area contributed by atoms with Gasteiger partial charge in [-0.1, -0.05) is 48.5 Å². The van der Waals surface area contributed by atoms with Crippen LogP contribution >= 0.6 is 0 Å². The predicted octanol–water partition coefficient (Wildman–Crippen LogP) is 3.76. The molecule has 0 fully saturated rings. The normalized spacial score (nSPS) is 12.8. The first kappa shape index (κ1) is 17.2. The minimum absolute atomic E-state index is 0.0689. The lowest BCUT2D eigenvalue weighted by Crippen LogP contribution is -2.31. The van der Waals surface area contributed by atoms with Crippen LogP contribution in [0.15, 0.2) is 53.5 Å². The summed E-state index contributed by atoms with van der Waals surface area (Å²) < 4.78 is 5.19. The summed E-state index contributed by atoms with van der Waals surface area (Å²) in [6, 6.07) is 16.9. The van der Waals surface area contributed by atoms with Gasteiger partial charge in [-0.25, -0.2) is 4.79 Å². The molecule has 130 valence electrons. The highest BCUT2D eigenvalue weighted by Crippen LogP contribution is 2.25. The molecule has 1 aliphatic rings.